The van der Waals surface area contributed by atoms with E-state index in [4.69, 9.17) is 20.8 Å². The third-order valence-corrected chi connectivity index (χ3v) is 2.16. The van der Waals surface area contributed by atoms with Crippen LogP contribution < -0.4 is 4.74 Å². The SMILES string of the molecule is COc1cc(Cl)ccc1-c1nnc(C)o1. The maximum absolute atomic E-state index is 5.84. The zero-order chi connectivity index (χ0) is 10.8. The highest BCUT2D eigenvalue weighted by molar-refractivity contribution is 6.30. The Morgan fingerprint density at radius 3 is 2.73 bits per heavy atom. The van der Waals surface area contributed by atoms with Crippen LogP contribution in [0.25, 0.3) is 11.5 Å². The Hall–Kier alpha value is -1.55. The molecule has 5 heteroatoms. The van der Waals surface area contributed by atoms with Crippen LogP contribution in [0.15, 0.2) is 22.6 Å². The summed E-state index contributed by atoms with van der Waals surface area (Å²) in [5, 5.41) is 8.27. The Labute approximate surface area is 91.8 Å². The van der Waals surface area contributed by atoms with Crippen LogP contribution in [0, 0.1) is 6.92 Å². The van der Waals surface area contributed by atoms with E-state index >= 15 is 0 Å². The van der Waals surface area contributed by atoms with E-state index < -0.39 is 0 Å². The van der Waals surface area contributed by atoms with E-state index in [0.29, 0.717) is 22.6 Å². The lowest BCUT2D eigenvalue weighted by atomic mass is 10.2. The third-order valence-electron chi connectivity index (χ3n) is 1.92. The molecule has 0 saturated heterocycles. The van der Waals surface area contributed by atoms with Crippen LogP contribution in [0.1, 0.15) is 5.89 Å². The van der Waals surface area contributed by atoms with Crippen LogP contribution in [0.4, 0.5) is 0 Å². The van der Waals surface area contributed by atoms with Gasteiger partial charge >= 0.3 is 0 Å². The molecule has 0 amide bonds. The Kier molecular flexibility index (Phi) is 2.60. The van der Waals surface area contributed by atoms with E-state index in [2.05, 4.69) is 10.2 Å². The van der Waals surface area contributed by atoms with E-state index in [1.54, 1.807) is 32.2 Å². The summed E-state index contributed by atoms with van der Waals surface area (Å²) in [6.07, 6.45) is 0. The highest BCUT2D eigenvalue weighted by atomic mass is 35.5. The largest absolute Gasteiger partial charge is 0.496 e. The molecular formula is C10H9ClN2O2. The lowest BCUT2D eigenvalue weighted by Gasteiger charge is -2.04. The van der Waals surface area contributed by atoms with Crippen molar-refractivity contribution in [1.82, 2.24) is 10.2 Å². The van der Waals surface area contributed by atoms with Crippen LogP contribution in [-0.4, -0.2) is 17.3 Å². The summed E-state index contributed by atoms with van der Waals surface area (Å²) in [7, 11) is 1.57. The Balaban J connectivity index is 2.52. The summed E-state index contributed by atoms with van der Waals surface area (Å²) < 4.78 is 10.5. The molecule has 0 saturated carbocycles. The molecule has 0 aliphatic rings. The lowest BCUT2D eigenvalue weighted by Crippen LogP contribution is -1.87. The van der Waals surface area contributed by atoms with Crippen molar-refractivity contribution in [1.29, 1.82) is 0 Å². The van der Waals surface area contributed by atoms with Gasteiger partial charge in [-0.1, -0.05) is 11.6 Å². The molecule has 0 bridgehead atoms. The van der Waals surface area contributed by atoms with Gasteiger partial charge in [-0.25, -0.2) is 0 Å². The first-order valence-corrected chi connectivity index (χ1v) is 4.72. The number of aromatic nitrogens is 2. The van der Waals surface area contributed by atoms with Gasteiger partial charge < -0.3 is 9.15 Å². The number of hydrogen-bond donors (Lipinski definition) is 0. The molecule has 0 radical (unpaired) electrons. The number of aryl methyl sites for hydroxylation is 1. The second-order valence-electron chi connectivity index (χ2n) is 2.97. The van der Waals surface area contributed by atoms with Gasteiger partial charge in [-0.2, -0.15) is 0 Å². The van der Waals surface area contributed by atoms with Gasteiger partial charge in [-0.15, -0.1) is 10.2 Å². The third kappa shape index (κ3) is 1.94. The molecule has 0 aliphatic carbocycles. The molecule has 15 heavy (non-hydrogen) atoms. The maximum atomic E-state index is 5.84. The monoisotopic (exact) mass is 224 g/mol. The minimum Gasteiger partial charge on any atom is -0.496 e. The number of halogens is 1. The van der Waals surface area contributed by atoms with Gasteiger partial charge in [-0.3, -0.25) is 0 Å². The zero-order valence-electron chi connectivity index (χ0n) is 8.32. The molecule has 2 aromatic rings. The van der Waals surface area contributed by atoms with Crippen molar-refractivity contribution in [3.63, 3.8) is 0 Å². The molecule has 4 nitrogen and oxygen atoms in total. The normalized spacial score (nSPS) is 10.3. The zero-order valence-corrected chi connectivity index (χ0v) is 9.08. The van der Waals surface area contributed by atoms with Crippen molar-refractivity contribution >= 4 is 11.6 Å². The molecule has 0 atom stereocenters. The van der Waals surface area contributed by atoms with E-state index in [1.165, 1.54) is 0 Å². The molecule has 0 spiro atoms. The lowest BCUT2D eigenvalue weighted by molar-refractivity contribution is 0.414. The van der Waals surface area contributed by atoms with Crippen LogP contribution in [0.3, 0.4) is 0 Å². The van der Waals surface area contributed by atoms with Gasteiger partial charge in [0.25, 0.3) is 5.89 Å². The van der Waals surface area contributed by atoms with Crippen molar-refractivity contribution in [3.05, 3.63) is 29.1 Å². The number of ether oxygens (including phenoxy) is 1. The highest BCUT2D eigenvalue weighted by Crippen LogP contribution is 2.31. The minimum absolute atomic E-state index is 0.431. The molecule has 0 fully saturated rings. The maximum Gasteiger partial charge on any atom is 0.251 e. The van der Waals surface area contributed by atoms with Crippen molar-refractivity contribution in [2.24, 2.45) is 0 Å². The molecule has 1 aromatic carbocycles. The molecule has 0 N–H and O–H groups in total. The number of hydrogen-bond acceptors (Lipinski definition) is 4. The summed E-state index contributed by atoms with van der Waals surface area (Å²) in [5.41, 5.74) is 0.738. The van der Waals surface area contributed by atoms with E-state index in [9.17, 15) is 0 Å². The second kappa shape index (κ2) is 3.90. The van der Waals surface area contributed by atoms with Crippen LogP contribution in [0.2, 0.25) is 5.02 Å². The first-order chi connectivity index (χ1) is 7.20. The van der Waals surface area contributed by atoms with Gasteiger partial charge in [0.1, 0.15) is 5.75 Å². The van der Waals surface area contributed by atoms with E-state index in [-0.39, 0.29) is 0 Å². The quantitative estimate of drug-likeness (QED) is 0.787. The average Bonchev–Trinajstić information content (AvgIpc) is 2.64. The van der Waals surface area contributed by atoms with E-state index in [1.807, 2.05) is 0 Å². The smallest absolute Gasteiger partial charge is 0.251 e. The topological polar surface area (TPSA) is 48.2 Å². The number of rotatable bonds is 2. The summed E-state index contributed by atoms with van der Waals surface area (Å²) >= 11 is 5.84. The fourth-order valence-corrected chi connectivity index (χ4v) is 1.41. The molecule has 1 heterocycles. The van der Waals surface area contributed by atoms with Crippen molar-refractivity contribution in [2.75, 3.05) is 7.11 Å². The van der Waals surface area contributed by atoms with Crippen LogP contribution in [0.5, 0.6) is 5.75 Å². The first kappa shape index (κ1) is 9.98. The van der Waals surface area contributed by atoms with Gasteiger partial charge in [0.05, 0.1) is 12.7 Å². The summed E-state index contributed by atoms with van der Waals surface area (Å²) in [6, 6.07) is 5.24. The predicted octanol–water partition coefficient (Wildman–Crippen LogP) is 2.71. The number of benzene rings is 1. The minimum atomic E-state index is 0.431. The van der Waals surface area contributed by atoms with Gasteiger partial charge in [-0.05, 0) is 18.2 Å². The molecular weight excluding hydrogens is 216 g/mol. The second-order valence-corrected chi connectivity index (χ2v) is 3.41. The summed E-state index contributed by atoms with van der Waals surface area (Å²) in [5.74, 6) is 1.56. The van der Waals surface area contributed by atoms with Gasteiger partial charge in [0.2, 0.25) is 5.89 Å². The number of nitrogens with zero attached hydrogens (tertiary/aromatic N) is 2. The number of methoxy groups -OCH3 is 1. The van der Waals surface area contributed by atoms with Crippen molar-refractivity contribution in [2.45, 2.75) is 6.92 Å². The fourth-order valence-electron chi connectivity index (χ4n) is 1.25. The van der Waals surface area contributed by atoms with Crippen molar-refractivity contribution in [3.8, 4) is 17.2 Å². The molecule has 0 unspecified atom stereocenters. The Morgan fingerprint density at radius 1 is 1.33 bits per heavy atom. The summed E-state index contributed by atoms with van der Waals surface area (Å²) in [4.78, 5) is 0. The van der Waals surface area contributed by atoms with E-state index in [0.717, 1.165) is 5.56 Å². The van der Waals surface area contributed by atoms with Crippen LogP contribution >= 0.6 is 11.6 Å². The first-order valence-electron chi connectivity index (χ1n) is 4.34. The molecule has 0 aliphatic heterocycles. The van der Waals surface area contributed by atoms with Gasteiger partial charge in [0, 0.05) is 11.9 Å². The Bertz CT molecular complexity index is 482. The van der Waals surface area contributed by atoms with Gasteiger partial charge in [0.15, 0.2) is 0 Å². The average molecular weight is 225 g/mol. The molecule has 2 rings (SSSR count). The molecule has 78 valence electrons. The Morgan fingerprint density at radius 2 is 2.13 bits per heavy atom. The fraction of sp³-hybridized carbons (Fsp3) is 0.200. The predicted molar refractivity (Wildman–Crippen MR) is 56.0 cm³/mol. The summed E-state index contributed by atoms with van der Waals surface area (Å²) in [6.45, 7) is 1.74. The van der Waals surface area contributed by atoms with Crippen molar-refractivity contribution < 1.29 is 9.15 Å². The standard InChI is InChI=1S/C10H9ClN2O2/c1-6-12-13-10(15-6)8-4-3-7(11)5-9(8)14-2/h3-5H,1-2H3. The molecule has 1 aromatic heterocycles. The highest BCUT2D eigenvalue weighted by Gasteiger charge is 2.12. The van der Waals surface area contributed by atoms with Crippen LogP contribution in [-0.2, 0) is 0 Å².